The molecule has 7 heteroatoms. The van der Waals surface area contributed by atoms with Gasteiger partial charge in [0, 0.05) is 29.9 Å². The van der Waals surface area contributed by atoms with Gasteiger partial charge in [-0.25, -0.2) is 9.67 Å². The monoisotopic (exact) mass is 423 g/mol. The third-order valence-electron chi connectivity index (χ3n) is 5.35. The van der Waals surface area contributed by atoms with Crippen molar-refractivity contribution in [3.8, 4) is 17.1 Å². The number of nitrogens with zero attached hydrogens (tertiary/aromatic N) is 4. The number of benzene rings is 3. The topological polar surface area (TPSA) is 80.1 Å². The van der Waals surface area contributed by atoms with Gasteiger partial charge in [0.2, 0.25) is 11.7 Å². The fourth-order valence-corrected chi connectivity index (χ4v) is 3.76. The van der Waals surface area contributed by atoms with Gasteiger partial charge in [-0.05, 0) is 42.8 Å². The number of hydrogen-bond acceptors (Lipinski definition) is 4. The molecule has 0 spiro atoms. The lowest BCUT2D eigenvalue weighted by Gasteiger charge is -2.15. The van der Waals surface area contributed by atoms with Crippen molar-refractivity contribution in [1.82, 2.24) is 14.8 Å². The molecule has 7 nitrogen and oxygen atoms in total. The quantitative estimate of drug-likeness (QED) is 0.519. The molecule has 0 unspecified atom stereocenters. The molecular weight excluding hydrogens is 402 g/mol. The van der Waals surface area contributed by atoms with Crippen LogP contribution >= 0.6 is 0 Å². The molecule has 4 aromatic rings. The van der Waals surface area contributed by atoms with Crippen molar-refractivity contribution in [3.63, 3.8) is 0 Å². The maximum Gasteiger partial charge on any atom is 0.295 e. The maximum atomic E-state index is 12.9. The second-order valence-corrected chi connectivity index (χ2v) is 7.52. The van der Waals surface area contributed by atoms with E-state index >= 15 is 0 Å². The minimum absolute atomic E-state index is 0.0755. The summed E-state index contributed by atoms with van der Waals surface area (Å²) in [4.78, 5) is 31.1. The fraction of sp³-hybridized carbons (Fsp3) is 0.120. The lowest BCUT2D eigenvalue weighted by atomic mass is 10.2. The van der Waals surface area contributed by atoms with E-state index in [0.717, 1.165) is 29.9 Å². The molecular formula is C25H21N5O2. The Bertz CT molecular complexity index is 1190. The Balaban J connectivity index is 1.41. The molecule has 3 aromatic carbocycles. The summed E-state index contributed by atoms with van der Waals surface area (Å²) in [6.45, 7) is 0.730. The van der Waals surface area contributed by atoms with Gasteiger partial charge in [-0.15, -0.1) is 5.10 Å². The van der Waals surface area contributed by atoms with Crippen LogP contribution in [0.3, 0.4) is 0 Å². The van der Waals surface area contributed by atoms with Crippen LogP contribution in [-0.4, -0.2) is 33.1 Å². The van der Waals surface area contributed by atoms with Gasteiger partial charge in [-0.3, -0.25) is 9.59 Å². The van der Waals surface area contributed by atoms with Gasteiger partial charge >= 0.3 is 0 Å². The van der Waals surface area contributed by atoms with E-state index in [4.69, 9.17) is 0 Å². The molecule has 1 N–H and O–H groups in total. The van der Waals surface area contributed by atoms with Gasteiger partial charge < -0.3 is 10.2 Å². The van der Waals surface area contributed by atoms with E-state index in [1.54, 1.807) is 21.7 Å². The third kappa shape index (κ3) is 3.88. The van der Waals surface area contributed by atoms with Crippen molar-refractivity contribution in [3.05, 3.63) is 90.8 Å². The molecule has 5 rings (SSSR count). The average Bonchev–Trinajstić information content (AvgIpc) is 3.48. The molecule has 2 amide bonds. The van der Waals surface area contributed by atoms with Crippen LogP contribution in [0.15, 0.2) is 84.9 Å². The molecule has 1 aliphatic rings. The molecule has 1 fully saturated rings. The molecule has 0 saturated carbocycles. The van der Waals surface area contributed by atoms with Crippen molar-refractivity contribution in [2.45, 2.75) is 12.8 Å². The predicted molar refractivity (Wildman–Crippen MR) is 123 cm³/mol. The molecule has 0 atom stereocenters. The zero-order valence-corrected chi connectivity index (χ0v) is 17.3. The Labute approximate surface area is 185 Å². The zero-order valence-electron chi connectivity index (χ0n) is 17.3. The number of para-hydroxylation sites is 1. The zero-order chi connectivity index (χ0) is 21.9. The van der Waals surface area contributed by atoms with Gasteiger partial charge in [0.1, 0.15) is 0 Å². The molecule has 1 saturated heterocycles. The van der Waals surface area contributed by atoms with Crippen LogP contribution in [0, 0.1) is 0 Å². The predicted octanol–water partition coefficient (Wildman–Crippen LogP) is 4.31. The lowest BCUT2D eigenvalue weighted by Crippen LogP contribution is -2.23. The van der Waals surface area contributed by atoms with Crippen molar-refractivity contribution in [2.24, 2.45) is 0 Å². The molecule has 158 valence electrons. The van der Waals surface area contributed by atoms with Crippen LogP contribution in [0.2, 0.25) is 0 Å². The van der Waals surface area contributed by atoms with Crippen LogP contribution in [-0.2, 0) is 4.79 Å². The third-order valence-corrected chi connectivity index (χ3v) is 5.35. The van der Waals surface area contributed by atoms with Gasteiger partial charge in [0.25, 0.3) is 5.91 Å². The van der Waals surface area contributed by atoms with Crippen molar-refractivity contribution < 1.29 is 9.59 Å². The highest BCUT2D eigenvalue weighted by Gasteiger charge is 2.22. The van der Waals surface area contributed by atoms with Gasteiger partial charge in [-0.1, -0.05) is 48.5 Å². The van der Waals surface area contributed by atoms with Crippen LogP contribution in [0.4, 0.5) is 11.4 Å². The van der Waals surface area contributed by atoms with Gasteiger partial charge in [0.15, 0.2) is 5.82 Å². The number of anilines is 2. The normalized spacial score (nSPS) is 13.4. The lowest BCUT2D eigenvalue weighted by molar-refractivity contribution is -0.117. The standard InChI is InChI=1S/C25H21N5O2/c31-22-12-7-17-29(22)20-15-13-19(14-16-20)26-25(32)23-27-24(18-8-3-1-4-9-18)30(28-23)21-10-5-2-6-11-21/h1-6,8-11,13-16H,7,12,17H2,(H,26,32). The number of rotatable bonds is 5. The molecule has 0 radical (unpaired) electrons. The minimum Gasteiger partial charge on any atom is -0.319 e. The first-order valence-electron chi connectivity index (χ1n) is 10.5. The van der Waals surface area contributed by atoms with Crippen LogP contribution in [0.25, 0.3) is 17.1 Å². The second-order valence-electron chi connectivity index (χ2n) is 7.52. The average molecular weight is 423 g/mol. The molecule has 2 heterocycles. The van der Waals surface area contributed by atoms with E-state index in [2.05, 4.69) is 15.4 Å². The highest BCUT2D eigenvalue weighted by molar-refractivity contribution is 6.02. The molecule has 0 aliphatic carbocycles. The first-order valence-corrected chi connectivity index (χ1v) is 10.5. The van der Waals surface area contributed by atoms with E-state index in [9.17, 15) is 9.59 Å². The Morgan fingerprint density at radius 1 is 0.844 bits per heavy atom. The van der Waals surface area contributed by atoms with Crippen molar-refractivity contribution >= 4 is 23.2 Å². The number of amides is 2. The summed E-state index contributed by atoms with van der Waals surface area (Å²) >= 11 is 0. The SMILES string of the molecule is O=C(Nc1ccc(N2CCCC2=O)cc1)c1nc(-c2ccccc2)n(-c2ccccc2)n1. The van der Waals surface area contributed by atoms with Gasteiger partial charge in [-0.2, -0.15) is 0 Å². The van der Waals surface area contributed by atoms with E-state index in [1.807, 2.05) is 72.8 Å². The minimum atomic E-state index is -0.401. The van der Waals surface area contributed by atoms with Gasteiger partial charge in [0.05, 0.1) is 5.69 Å². The van der Waals surface area contributed by atoms with E-state index in [0.29, 0.717) is 17.9 Å². The first-order chi connectivity index (χ1) is 15.7. The second kappa shape index (κ2) is 8.47. The molecule has 0 bridgehead atoms. The van der Waals surface area contributed by atoms with Crippen LogP contribution < -0.4 is 10.2 Å². The van der Waals surface area contributed by atoms with E-state index < -0.39 is 5.91 Å². The number of hydrogen-bond donors (Lipinski definition) is 1. The number of nitrogens with one attached hydrogen (secondary N) is 1. The molecule has 1 aliphatic heterocycles. The molecule has 1 aromatic heterocycles. The van der Waals surface area contributed by atoms with E-state index in [1.165, 1.54) is 0 Å². The summed E-state index contributed by atoms with van der Waals surface area (Å²) in [6, 6.07) is 26.5. The maximum absolute atomic E-state index is 12.9. The number of aromatic nitrogens is 3. The summed E-state index contributed by atoms with van der Waals surface area (Å²) in [5, 5.41) is 7.33. The highest BCUT2D eigenvalue weighted by Crippen LogP contribution is 2.24. The summed E-state index contributed by atoms with van der Waals surface area (Å²) in [5.41, 5.74) is 3.13. The number of carbonyl (C=O) groups excluding carboxylic acids is 2. The van der Waals surface area contributed by atoms with E-state index in [-0.39, 0.29) is 11.7 Å². The summed E-state index contributed by atoms with van der Waals surface area (Å²) in [5.74, 6) is 0.393. The Morgan fingerprint density at radius 2 is 1.53 bits per heavy atom. The molecule has 32 heavy (non-hydrogen) atoms. The largest absolute Gasteiger partial charge is 0.319 e. The Morgan fingerprint density at radius 3 is 2.19 bits per heavy atom. The summed E-state index contributed by atoms with van der Waals surface area (Å²) in [7, 11) is 0. The summed E-state index contributed by atoms with van der Waals surface area (Å²) < 4.78 is 1.67. The van der Waals surface area contributed by atoms with Crippen LogP contribution in [0.5, 0.6) is 0 Å². The first kappa shape index (κ1) is 19.7. The smallest absolute Gasteiger partial charge is 0.295 e. The highest BCUT2D eigenvalue weighted by atomic mass is 16.2. The number of carbonyl (C=O) groups is 2. The van der Waals surface area contributed by atoms with Crippen LogP contribution in [0.1, 0.15) is 23.5 Å². The Hall–Kier alpha value is -4.26. The van der Waals surface area contributed by atoms with Crippen molar-refractivity contribution in [1.29, 1.82) is 0 Å². The van der Waals surface area contributed by atoms with Crippen molar-refractivity contribution in [2.75, 3.05) is 16.8 Å². The Kier molecular flexibility index (Phi) is 5.21. The fourth-order valence-electron chi connectivity index (χ4n) is 3.76. The summed E-state index contributed by atoms with van der Waals surface area (Å²) in [6.07, 6.45) is 1.45.